The lowest BCUT2D eigenvalue weighted by atomic mass is 9.87. The van der Waals surface area contributed by atoms with Crippen molar-refractivity contribution in [2.24, 2.45) is 11.1 Å². The van der Waals surface area contributed by atoms with Crippen LogP contribution in [0.2, 0.25) is 0 Å². The molecule has 1 aliphatic rings. The fraction of sp³-hybridized carbons (Fsp3) is 0.929. The monoisotopic (exact) mass is 378 g/mol. The second-order valence-corrected chi connectivity index (χ2v) is 6.78. The van der Waals surface area contributed by atoms with Gasteiger partial charge in [-0.3, -0.25) is 9.69 Å². The van der Waals surface area contributed by atoms with E-state index in [2.05, 4.69) is 29.1 Å². The summed E-state index contributed by atoms with van der Waals surface area (Å²) in [6, 6.07) is -0.0861. The van der Waals surface area contributed by atoms with E-state index < -0.39 is 6.04 Å². The van der Waals surface area contributed by atoms with Gasteiger partial charge in [0.05, 0.1) is 6.04 Å². The Bertz CT molecular complexity index is 305. The number of hydrogen-bond acceptors (Lipinski definition) is 4. The number of halogens is 3. The third-order valence-electron chi connectivity index (χ3n) is 3.95. The minimum Gasteiger partial charge on any atom is -0.353 e. The molecule has 0 spiro atoms. The zero-order chi connectivity index (χ0) is 14.6. The zero-order valence-electron chi connectivity index (χ0n) is 14.3. The van der Waals surface area contributed by atoms with Gasteiger partial charge in [0.15, 0.2) is 0 Å². The van der Waals surface area contributed by atoms with Crippen molar-refractivity contribution < 1.29 is 4.79 Å². The van der Waals surface area contributed by atoms with Crippen molar-refractivity contribution in [3.8, 4) is 0 Å². The van der Waals surface area contributed by atoms with Gasteiger partial charge >= 0.3 is 0 Å². The number of piperazine rings is 1. The van der Waals surface area contributed by atoms with Crippen molar-refractivity contribution in [1.82, 2.24) is 15.1 Å². The number of nitrogens with one attached hydrogen (secondary N) is 1. The minimum absolute atomic E-state index is 0. The van der Waals surface area contributed by atoms with Crippen LogP contribution in [0.4, 0.5) is 0 Å². The highest BCUT2D eigenvalue weighted by atomic mass is 35.5. The number of amides is 1. The Labute approximate surface area is 154 Å². The Kier molecular flexibility index (Phi) is 14.4. The van der Waals surface area contributed by atoms with E-state index in [1.54, 1.807) is 0 Å². The molecule has 1 heterocycles. The predicted octanol–water partition coefficient (Wildman–Crippen LogP) is 1.38. The maximum Gasteiger partial charge on any atom is 0.237 e. The molecule has 22 heavy (non-hydrogen) atoms. The maximum atomic E-state index is 12.0. The Morgan fingerprint density at radius 1 is 1.14 bits per heavy atom. The third kappa shape index (κ3) is 8.75. The Balaban J connectivity index is -0.00000120. The van der Waals surface area contributed by atoms with E-state index in [1.807, 2.05) is 20.8 Å². The first kappa shape index (κ1) is 27.1. The Morgan fingerprint density at radius 3 is 2.00 bits per heavy atom. The molecule has 1 rings (SSSR count). The first-order valence-electron chi connectivity index (χ1n) is 7.17. The molecule has 8 heteroatoms. The van der Waals surface area contributed by atoms with E-state index >= 15 is 0 Å². The molecule has 1 amide bonds. The van der Waals surface area contributed by atoms with Crippen LogP contribution in [-0.2, 0) is 4.79 Å². The van der Waals surface area contributed by atoms with Crippen LogP contribution in [0.15, 0.2) is 0 Å². The van der Waals surface area contributed by atoms with Crippen LogP contribution in [0.3, 0.4) is 0 Å². The molecule has 1 aliphatic heterocycles. The molecular formula is C14H33Cl3N4O. The SMILES string of the molecule is CC(CNC(=O)[C@@H](N)C(C)(C)C)N1CCN(C)CC1.Cl.Cl.Cl. The average Bonchev–Trinajstić information content (AvgIpc) is 2.34. The predicted molar refractivity (Wildman–Crippen MR) is 101 cm³/mol. The van der Waals surface area contributed by atoms with E-state index in [1.165, 1.54) is 0 Å². The minimum atomic E-state index is -0.452. The summed E-state index contributed by atoms with van der Waals surface area (Å²) < 4.78 is 0. The molecule has 0 aromatic heterocycles. The molecule has 1 saturated heterocycles. The van der Waals surface area contributed by atoms with Gasteiger partial charge in [-0.15, -0.1) is 37.2 Å². The van der Waals surface area contributed by atoms with Crippen molar-refractivity contribution in [2.75, 3.05) is 39.8 Å². The lowest BCUT2D eigenvalue weighted by Crippen LogP contribution is -2.54. The van der Waals surface area contributed by atoms with Crippen LogP contribution in [0, 0.1) is 5.41 Å². The van der Waals surface area contributed by atoms with Crippen molar-refractivity contribution in [3.05, 3.63) is 0 Å². The van der Waals surface area contributed by atoms with Crippen LogP contribution in [0.25, 0.3) is 0 Å². The highest BCUT2D eigenvalue weighted by molar-refractivity contribution is 5.86. The number of likely N-dealkylation sites (N-methyl/N-ethyl adjacent to an activating group) is 1. The van der Waals surface area contributed by atoms with E-state index in [0.717, 1.165) is 26.2 Å². The van der Waals surface area contributed by atoms with E-state index in [9.17, 15) is 4.79 Å². The number of nitrogens with two attached hydrogens (primary N) is 1. The van der Waals surface area contributed by atoms with Gasteiger partial charge < -0.3 is 16.0 Å². The molecule has 0 bridgehead atoms. The van der Waals surface area contributed by atoms with Crippen LogP contribution >= 0.6 is 37.2 Å². The van der Waals surface area contributed by atoms with Crippen molar-refractivity contribution in [3.63, 3.8) is 0 Å². The Morgan fingerprint density at radius 2 is 1.59 bits per heavy atom. The molecule has 1 fully saturated rings. The normalized spacial score (nSPS) is 19.0. The summed E-state index contributed by atoms with van der Waals surface area (Å²) in [5.74, 6) is -0.0477. The second-order valence-electron chi connectivity index (χ2n) is 6.78. The highest BCUT2D eigenvalue weighted by Crippen LogP contribution is 2.17. The third-order valence-corrected chi connectivity index (χ3v) is 3.95. The quantitative estimate of drug-likeness (QED) is 0.774. The summed E-state index contributed by atoms with van der Waals surface area (Å²) in [5.41, 5.74) is 5.75. The smallest absolute Gasteiger partial charge is 0.237 e. The number of hydrogen-bond donors (Lipinski definition) is 2. The van der Waals surface area contributed by atoms with Crippen molar-refractivity contribution >= 4 is 43.1 Å². The summed E-state index contributed by atoms with van der Waals surface area (Å²) in [5, 5.41) is 2.98. The molecule has 0 radical (unpaired) electrons. The van der Waals surface area contributed by atoms with Crippen LogP contribution < -0.4 is 11.1 Å². The lowest BCUT2D eigenvalue weighted by molar-refractivity contribution is -0.124. The molecule has 0 aromatic carbocycles. The zero-order valence-corrected chi connectivity index (χ0v) is 16.7. The average molecular weight is 380 g/mol. The Hall–Kier alpha value is 0.220. The number of nitrogens with zero attached hydrogens (tertiary/aromatic N) is 2. The van der Waals surface area contributed by atoms with E-state index in [4.69, 9.17) is 5.73 Å². The first-order chi connectivity index (χ1) is 8.71. The topological polar surface area (TPSA) is 61.6 Å². The maximum absolute atomic E-state index is 12.0. The number of rotatable bonds is 4. The molecule has 2 atom stereocenters. The summed E-state index contributed by atoms with van der Waals surface area (Å²) in [6.07, 6.45) is 0. The van der Waals surface area contributed by atoms with Gasteiger partial charge in [0.25, 0.3) is 0 Å². The fourth-order valence-corrected chi connectivity index (χ4v) is 2.14. The molecule has 136 valence electrons. The standard InChI is InChI=1S/C14H30N4O.3ClH/c1-11(18-8-6-17(5)7-9-18)10-16-13(19)12(15)14(2,3)4;;;/h11-12H,6-10,15H2,1-5H3,(H,16,19);3*1H/t11?,12-;;;/m1.../s1. The van der Waals surface area contributed by atoms with Crippen molar-refractivity contribution in [1.29, 1.82) is 0 Å². The lowest BCUT2D eigenvalue weighted by Gasteiger charge is -2.36. The molecule has 3 N–H and O–H groups in total. The van der Waals surface area contributed by atoms with Gasteiger partial charge in [0.2, 0.25) is 5.91 Å². The van der Waals surface area contributed by atoms with Crippen molar-refractivity contribution in [2.45, 2.75) is 39.8 Å². The van der Waals surface area contributed by atoms with Gasteiger partial charge in [-0.1, -0.05) is 20.8 Å². The fourth-order valence-electron chi connectivity index (χ4n) is 2.14. The van der Waals surface area contributed by atoms with Crippen LogP contribution in [-0.4, -0.2) is 67.6 Å². The number of carbonyl (C=O) groups excluding carboxylic acids is 1. The number of carbonyl (C=O) groups is 1. The van der Waals surface area contributed by atoms with E-state index in [0.29, 0.717) is 12.6 Å². The molecular weight excluding hydrogens is 347 g/mol. The molecule has 5 nitrogen and oxygen atoms in total. The largest absolute Gasteiger partial charge is 0.353 e. The highest BCUT2D eigenvalue weighted by Gasteiger charge is 2.28. The summed E-state index contributed by atoms with van der Waals surface area (Å²) in [7, 11) is 2.14. The second kappa shape index (κ2) is 11.7. The van der Waals surface area contributed by atoms with Gasteiger partial charge in [-0.25, -0.2) is 0 Å². The molecule has 0 aliphatic carbocycles. The van der Waals surface area contributed by atoms with Gasteiger partial charge in [-0.05, 0) is 19.4 Å². The first-order valence-corrected chi connectivity index (χ1v) is 7.17. The summed E-state index contributed by atoms with van der Waals surface area (Å²) >= 11 is 0. The molecule has 0 aromatic rings. The molecule has 0 saturated carbocycles. The van der Waals surface area contributed by atoms with E-state index in [-0.39, 0.29) is 48.5 Å². The van der Waals surface area contributed by atoms with Gasteiger partial charge in [0.1, 0.15) is 0 Å². The molecule has 1 unspecified atom stereocenters. The van der Waals surface area contributed by atoms with Gasteiger partial charge in [0, 0.05) is 38.8 Å². The van der Waals surface area contributed by atoms with Crippen LogP contribution in [0.1, 0.15) is 27.7 Å². The summed E-state index contributed by atoms with van der Waals surface area (Å²) in [4.78, 5) is 16.7. The summed E-state index contributed by atoms with van der Waals surface area (Å²) in [6.45, 7) is 13.1. The van der Waals surface area contributed by atoms with Gasteiger partial charge in [-0.2, -0.15) is 0 Å². The van der Waals surface area contributed by atoms with Crippen LogP contribution in [0.5, 0.6) is 0 Å².